The van der Waals surface area contributed by atoms with E-state index in [-0.39, 0.29) is 26.7 Å². The molecule has 0 saturated heterocycles. The Morgan fingerprint density at radius 3 is 2.55 bits per heavy atom. The maximum atomic E-state index is 5.71. The van der Waals surface area contributed by atoms with Crippen molar-refractivity contribution in [3.05, 3.63) is 0 Å². The third-order valence-electron chi connectivity index (χ3n) is 1.56. The fourth-order valence-electron chi connectivity index (χ4n) is 0.768. The quantitative estimate of drug-likeness (QED) is 0.578. The predicted molar refractivity (Wildman–Crippen MR) is 49.9 cm³/mol. The van der Waals surface area contributed by atoms with E-state index in [0.717, 1.165) is 17.6 Å². The van der Waals surface area contributed by atoms with Crippen LogP contribution in [0.2, 0.25) is 4.44 Å². The van der Waals surface area contributed by atoms with E-state index in [0.29, 0.717) is 0 Å². The minimum absolute atomic E-state index is 0.0186. The van der Waals surface area contributed by atoms with Gasteiger partial charge in [-0.2, -0.15) is 0 Å². The molecule has 0 aromatic heterocycles. The van der Waals surface area contributed by atoms with Crippen molar-refractivity contribution < 1.29 is 4.74 Å². The third kappa shape index (κ3) is 7.09. The summed E-state index contributed by atoms with van der Waals surface area (Å²) in [7, 11) is 0. The predicted octanol–water partition coefficient (Wildman–Crippen LogP) is 1.23. The molecule has 0 fully saturated rings. The first-order chi connectivity index (χ1) is 5.12. The summed E-state index contributed by atoms with van der Waals surface area (Å²) in [5.41, 5.74) is 5.47. The van der Waals surface area contributed by atoms with E-state index in [9.17, 15) is 0 Å². The monoisotopic (exact) mass is 265 g/mol. The molecule has 0 aliphatic heterocycles. The summed E-state index contributed by atoms with van der Waals surface area (Å²) in [6.07, 6.45) is 0.968. The second-order valence-corrected chi connectivity index (χ2v) is 7.46. The van der Waals surface area contributed by atoms with Gasteiger partial charge in [0.25, 0.3) is 0 Å². The van der Waals surface area contributed by atoms with E-state index in [2.05, 4.69) is 20.8 Å². The molecule has 0 heterocycles. The van der Waals surface area contributed by atoms with Crippen LogP contribution in [0.25, 0.3) is 0 Å². The third-order valence-corrected chi connectivity index (χ3v) is 3.98. The molecule has 11 heavy (non-hydrogen) atoms. The van der Waals surface area contributed by atoms with Crippen LogP contribution in [0.3, 0.4) is 0 Å². The molecule has 0 bridgehead atoms. The van der Waals surface area contributed by atoms with Gasteiger partial charge >= 0.3 is 80.0 Å². The van der Waals surface area contributed by atoms with Gasteiger partial charge in [-0.25, -0.2) is 0 Å². The molecule has 0 unspecified atom stereocenters. The van der Waals surface area contributed by atoms with Crippen LogP contribution in [0.4, 0.5) is 0 Å². The molecule has 3 heteroatoms. The number of hydrogen-bond donors (Lipinski definition) is 1. The van der Waals surface area contributed by atoms with Crippen molar-refractivity contribution in [2.24, 2.45) is 5.73 Å². The van der Waals surface area contributed by atoms with Crippen molar-refractivity contribution in [2.45, 2.75) is 37.2 Å². The van der Waals surface area contributed by atoms with E-state index in [1.807, 2.05) is 0 Å². The molecule has 2 N–H and O–H groups in total. The van der Waals surface area contributed by atoms with Crippen LogP contribution in [0.1, 0.15) is 27.2 Å². The summed E-state index contributed by atoms with van der Waals surface area (Å²) in [5.74, 6) is 0. The Morgan fingerprint density at radius 2 is 2.09 bits per heavy atom. The fraction of sp³-hybridized carbons (Fsp3) is 1.00. The van der Waals surface area contributed by atoms with Gasteiger partial charge in [-0.1, -0.05) is 0 Å². The Bertz CT molecular complexity index is 96.1. The van der Waals surface area contributed by atoms with Crippen LogP contribution in [0.15, 0.2) is 0 Å². The number of nitrogens with two attached hydrogens (primary N) is 1. The van der Waals surface area contributed by atoms with Gasteiger partial charge in [-0.3, -0.25) is 0 Å². The summed E-state index contributed by atoms with van der Waals surface area (Å²) >= 11 is -0.181. The first-order valence-electron chi connectivity index (χ1n) is 4.17. The molecule has 0 aliphatic carbocycles. The summed E-state index contributed by atoms with van der Waals surface area (Å²) < 4.78 is 8.10. The van der Waals surface area contributed by atoms with Crippen LogP contribution in [0.5, 0.6) is 0 Å². The van der Waals surface area contributed by atoms with Crippen LogP contribution >= 0.6 is 0 Å². The van der Waals surface area contributed by atoms with E-state index >= 15 is 0 Å². The SMILES string of the molecule is C[CH2][Sn][CH2]OC(C)(C)CCN. The average molecular weight is 264 g/mol. The molecule has 0 spiro atoms. The molecule has 0 rings (SSSR count). The average Bonchev–Trinajstić information content (AvgIpc) is 1.87. The van der Waals surface area contributed by atoms with Crippen molar-refractivity contribution in [1.29, 1.82) is 0 Å². The zero-order valence-corrected chi connectivity index (χ0v) is 10.7. The molecule has 0 aromatic rings. The molecule has 0 saturated carbocycles. The summed E-state index contributed by atoms with van der Waals surface area (Å²) in [6, 6.07) is 0. The van der Waals surface area contributed by atoms with E-state index < -0.39 is 0 Å². The van der Waals surface area contributed by atoms with E-state index in [1.54, 1.807) is 0 Å². The molecule has 2 nitrogen and oxygen atoms in total. The topological polar surface area (TPSA) is 35.2 Å². The first-order valence-corrected chi connectivity index (χ1v) is 8.21. The zero-order chi connectivity index (χ0) is 8.74. The Morgan fingerprint density at radius 1 is 1.45 bits per heavy atom. The van der Waals surface area contributed by atoms with Gasteiger partial charge in [0.2, 0.25) is 0 Å². The molecule has 0 aromatic carbocycles. The van der Waals surface area contributed by atoms with Crippen LogP contribution in [0, 0.1) is 0 Å². The van der Waals surface area contributed by atoms with Crippen molar-refractivity contribution in [1.82, 2.24) is 0 Å². The van der Waals surface area contributed by atoms with Crippen molar-refractivity contribution in [2.75, 3.05) is 11.2 Å². The molecule has 0 amide bonds. The standard InChI is InChI=1S/C6H14NO.C2H5.Sn/c1-6(2,8-3)4-5-7;1-2;/h3-5,7H2,1-2H3;1H2,2H3;. The Balaban J connectivity index is 3.38. The zero-order valence-electron chi connectivity index (χ0n) is 7.81. The first kappa shape index (κ1) is 11.7. The summed E-state index contributed by atoms with van der Waals surface area (Å²) in [6.45, 7) is 7.21. The van der Waals surface area contributed by atoms with Gasteiger partial charge in [0.15, 0.2) is 0 Å². The number of hydrogen-bond acceptors (Lipinski definition) is 2. The van der Waals surface area contributed by atoms with Crippen LogP contribution < -0.4 is 5.73 Å². The van der Waals surface area contributed by atoms with Crippen LogP contribution in [-0.2, 0) is 4.74 Å². The summed E-state index contributed by atoms with van der Waals surface area (Å²) in [4.78, 5) is 0. The van der Waals surface area contributed by atoms with E-state index in [1.165, 1.54) is 4.44 Å². The Labute approximate surface area is 80.1 Å². The Hall–Kier alpha value is 0.719. The van der Waals surface area contributed by atoms with Gasteiger partial charge in [0.1, 0.15) is 0 Å². The van der Waals surface area contributed by atoms with Crippen LogP contribution in [-0.4, -0.2) is 37.9 Å². The summed E-state index contributed by atoms with van der Waals surface area (Å²) in [5, 5.41) is 0. The van der Waals surface area contributed by atoms with Crippen molar-refractivity contribution in [3.63, 3.8) is 0 Å². The molecule has 0 atom stereocenters. The Kier molecular flexibility index (Phi) is 6.67. The van der Waals surface area contributed by atoms with E-state index in [4.69, 9.17) is 10.5 Å². The van der Waals surface area contributed by atoms with Gasteiger partial charge in [0, 0.05) is 0 Å². The van der Waals surface area contributed by atoms with Gasteiger partial charge in [-0.15, -0.1) is 0 Å². The minimum atomic E-state index is -0.181. The molecule has 2 radical (unpaired) electrons. The van der Waals surface area contributed by atoms with Gasteiger partial charge < -0.3 is 0 Å². The maximum absolute atomic E-state index is 5.71. The van der Waals surface area contributed by atoms with Crippen molar-refractivity contribution in [3.8, 4) is 0 Å². The number of rotatable bonds is 6. The fourth-order valence-corrected chi connectivity index (χ4v) is 2.76. The second kappa shape index (κ2) is 6.26. The molecule has 0 aliphatic rings. The van der Waals surface area contributed by atoms with Gasteiger partial charge in [-0.05, 0) is 0 Å². The molecular weight excluding hydrogens is 245 g/mol. The normalized spacial score (nSPS) is 12.0. The molecular formula is C8H19NOSn. The number of ether oxygens (including phenoxy) is 1. The second-order valence-electron chi connectivity index (χ2n) is 3.19. The molecule has 66 valence electrons. The van der Waals surface area contributed by atoms with Crippen molar-refractivity contribution >= 4 is 21.1 Å². The van der Waals surface area contributed by atoms with Gasteiger partial charge in [0.05, 0.1) is 0 Å².